The van der Waals surface area contributed by atoms with Crippen molar-refractivity contribution in [3.05, 3.63) is 46.7 Å². The maximum atomic E-state index is 12.4. The molecule has 2 amide bonds. The zero-order chi connectivity index (χ0) is 16.8. The molecule has 5 nitrogen and oxygen atoms in total. The molecule has 1 saturated heterocycles. The molecule has 24 heavy (non-hydrogen) atoms. The number of rotatable bonds is 6. The molecule has 1 aromatic carbocycles. The highest BCUT2D eigenvalue weighted by Crippen LogP contribution is 2.21. The Morgan fingerprint density at radius 3 is 2.88 bits per heavy atom. The van der Waals surface area contributed by atoms with Gasteiger partial charge in [0.05, 0.1) is 12.6 Å². The molecule has 0 radical (unpaired) electrons. The second kappa shape index (κ2) is 8.17. The van der Waals surface area contributed by atoms with E-state index in [1.165, 1.54) is 4.88 Å². The van der Waals surface area contributed by atoms with Crippen molar-refractivity contribution in [2.24, 2.45) is 0 Å². The van der Waals surface area contributed by atoms with Crippen molar-refractivity contribution in [3.63, 3.8) is 0 Å². The SMILES string of the molecule is COCC1CCCN1C(=O)Nc1ccc(OCc2cccs2)cc1. The third kappa shape index (κ3) is 4.27. The number of amides is 2. The normalized spacial score (nSPS) is 17.0. The van der Waals surface area contributed by atoms with Crippen LogP contribution in [0.15, 0.2) is 41.8 Å². The Hall–Kier alpha value is -2.05. The summed E-state index contributed by atoms with van der Waals surface area (Å²) in [5, 5.41) is 4.98. The first-order valence-corrected chi connectivity index (χ1v) is 8.96. The lowest BCUT2D eigenvalue weighted by atomic mass is 10.2. The molecule has 0 aliphatic carbocycles. The molecular weight excluding hydrogens is 324 g/mol. The summed E-state index contributed by atoms with van der Waals surface area (Å²) in [6, 6.07) is 11.6. The fraction of sp³-hybridized carbons (Fsp3) is 0.389. The molecule has 1 aliphatic rings. The van der Waals surface area contributed by atoms with Crippen molar-refractivity contribution in [2.75, 3.05) is 25.6 Å². The van der Waals surface area contributed by atoms with Crippen LogP contribution in [0.5, 0.6) is 5.75 Å². The van der Waals surface area contributed by atoms with Crippen molar-refractivity contribution >= 4 is 23.1 Å². The van der Waals surface area contributed by atoms with Gasteiger partial charge in [-0.15, -0.1) is 11.3 Å². The van der Waals surface area contributed by atoms with E-state index < -0.39 is 0 Å². The zero-order valence-electron chi connectivity index (χ0n) is 13.7. The molecule has 0 spiro atoms. The molecule has 2 aromatic rings. The van der Waals surface area contributed by atoms with Gasteiger partial charge in [0.15, 0.2) is 0 Å². The zero-order valence-corrected chi connectivity index (χ0v) is 14.6. The Kier molecular flexibility index (Phi) is 5.72. The molecule has 1 fully saturated rings. The number of thiophene rings is 1. The van der Waals surface area contributed by atoms with Crippen molar-refractivity contribution in [1.82, 2.24) is 4.90 Å². The van der Waals surface area contributed by atoms with Crippen LogP contribution < -0.4 is 10.1 Å². The molecule has 128 valence electrons. The lowest BCUT2D eigenvalue weighted by Gasteiger charge is -2.24. The number of nitrogens with zero attached hydrogens (tertiary/aromatic N) is 1. The molecular formula is C18H22N2O3S. The van der Waals surface area contributed by atoms with E-state index in [0.29, 0.717) is 13.2 Å². The van der Waals surface area contributed by atoms with Crippen LogP contribution in [0, 0.1) is 0 Å². The van der Waals surface area contributed by atoms with Gasteiger partial charge in [-0.2, -0.15) is 0 Å². The average Bonchev–Trinajstić information content (AvgIpc) is 3.26. The number of nitrogens with one attached hydrogen (secondary N) is 1. The van der Waals surface area contributed by atoms with E-state index in [9.17, 15) is 4.79 Å². The predicted octanol–water partition coefficient (Wildman–Crippen LogP) is 3.97. The number of urea groups is 1. The molecule has 1 unspecified atom stereocenters. The molecule has 0 saturated carbocycles. The van der Waals surface area contributed by atoms with Gasteiger partial charge in [-0.25, -0.2) is 4.79 Å². The molecule has 1 aromatic heterocycles. The fourth-order valence-corrected chi connectivity index (χ4v) is 3.46. The van der Waals surface area contributed by atoms with E-state index in [4.69, 9.17) is 9.47 Å². The Morgan fingerprint density at radius 2 is 2.17 bits per heavy atom. The van der Waals surface area contributed by atoms with Crippen LogP contribution in [0.2, 0.25) is 0 Å². The van der Waals surface area contributed by atoms with Crippen molar-refractivity contribution in [3.8, 4) is 5.75 Å². The Balaban J connectivity index is 1.52. The third-order valence-electron chi connectivity index (χ3n) is 4.06. The highest BCUT2D eigenvalue weighted by atomic mass is 32.1. The summed E-state index contributed by atoms with van der Waals surface area (Å²) in [6.45, 7) is 1.93. The highest BCUT2D eigenvalue weighted by Gasteiger charge is 2.28. The second-order valence-electron chi connectivity index (χ2n) is 5.77. The van der Waals surface area contributed by atoms with Gasteiger partial charge in [0.2, 0.25) is 0 Å². The third-order valence-corrected chi connectivity index (χ3v) is 4.91. The Bertz CT molecular complexity index is 643. The van der Waals surface area contributed by atoms with E-state index in [2.05, 4.69) is 5.32 Å². The number of methoxy groups -OCH3 is 1. The van der Waals surface area contributed by atoms with Gasteiger partial charge in [0.25, 0.3) is 0 Å². The standard InChI is InChI=1S/C18H22N2O3S/c1-22-12-15-4-2-10-20(15)18(21)19-14-6-8-16(9-7-14)23-13-17-5-3-11-24-17/h3,5-9,11,15H,2,4,10,12-13H2,1H3,(H,19,21). The van der Waals surface area contributed by atoms with Gasteiger partial charge in [0, 0.05) is 24.2 Å². The van der Waals surface area contributed by atoms with Crippen molar-refractivity contribution < 1.29 is 14.3 Å². The molecule has 3 rings (SSSR count). The molecule has 2 heterocycles. The van der Waals surface area contributed by atoms with Gasteiger partial charge in [-0.1, -0.05) is 6.07 Å². The van der Waals surface area contributed by atoms with Crippen LogP contribution in [0.3, 0.4) is 0 Å². The van der Waals surface area contributed by atoms with E-state index >= 15 is 0 Å². The number of anilines is 1. The molecule has 6 heteroatoms. The van der Waals surface area contributed by atoms with Crippen LogP contribution in [0.4, 0.5) is 10.5 Å². The number of carbonyl (C=O) groups excluding carboxylic acids is 1. The summed E-state index contributed by atoms with van der Waals surface area (Å²) in [4.78, 5) is 15.4. The summed E-state index contributed by atoms with van der Waals surface area (Å²) >= 11 is 1.67. The van der Waals surface area contributed by atoms with Gasteiger partial charge in [0.1, 0.15) is 12.4 Å². The van der Waals surface area contributed by atoms with Gasteiger partial charge in [-0.05, 0) is 48.6 Å². The highest BCUT2D eigenvalue weighted by molar-refractivity contribution is 7.09. The van der Waals surface area contributed by atoms with E-state index in [1.807, 2.05) is 46.7 Å². The maximum Gasteiger partial charge on any atom is 0.322 e. The number of likely N-dealkylation sites (tertiary alicyclic amines) is 1. The quantitative estimate of drug-likeness (QED) is 0.861. The van der Waals surface area contributed by atoms with E-state index in [1.54, 1.807) is 18.4 Å². The molecule has 1 aliphatic heterocycles. The first kappa shape index (κ1) is 16.8. The summed E-state index contributed by atoms with van der Waals surface area (Å²) in [7, 11) is 1.67. The second-order valence-corrected chi connectivity index (χ2v) is 6.80. The van der Waals surface area contributed by atoms with Crippen molar-refractivity contribution in [1.29, 1.82) is 0 Å². The lowest BCUT2D eigenvalue weighted by Crippen LogP contribution is -2.40. The van der Waals surface area contributed by atoms with Crippen LogP contribution in [-0.4, -0.2) is 37.2 Å². The van der Waals surface area contributed by atoms with Crippen LogP contribution in [0.25, 0.3) is 0 Å². The van der Waals surface area contributed by atoms with Crippen molar-refractivity contribution in [2.45, 2.75) is 25.5 Å². The smallest absolute Gasteiger partial charge is 0.322 e. The summed E-state index contributed by atoms with van der Waals surface area (Å²) in [5.41, 5.74) is 0.770. The summed E-state index contributed by atoms with van der Waals surface area (Å²) in [5.74, 6) is 0.792. The van der Waals surface area contributed by atoms with Gasteiger partial charge in [-0.3, -0.25) is 0 Å². The Morgan fingerprint density at radius 1 is 1.33 bits per heavy atom. The summed E-state index contributed by atoms with van der Waals surface area (Å²) in [6.07, 6.45) is 2.02. The minimum absolute atomic E-state index is 0.0678. The van der Waals surface area contributed by atoms with Gasteiger partial charge < -0.3 is 19.7 Å². The first-order valence-electron chi connectivity index (χ1n) is 8.08. The molecule has 1 N–H and O–H groups in total. The Labute approximate surface area is 146 Å². The number of hydrogen-bond donors (Lipinski definition) is 1. The predicted molar refractivity (Wildman–Crippen MR) is 95.7 cm³/mol. The average molecular weight is 346 g/mol. The molecule has 1 atom stereocenters. The molecule has 0 bridgehead atoms. The number of benzene rings is 1. The monoisotopic (exact) mass is 346 g/mol. The lowest BCUT2D eigenvalue weighted by molar-refractivity contribution is 0.128. The number of ether oxygens (including phenoxy) is 2. The fourth-order valence-electron chi connectivity index (χ4n) is 2.85. The van der Waals surface area contributed by atoms with Gasteiger partial charge >= 0.3 is 6.03 Å². The summed E-state index contributed by atoms with van der Waals surface area (Å²) < 4.78 is 10.9. The minimum atomic E-state index is -0.0678. The van der Waals surface area contributed by atoms with E-state index in [0.717, 1.165) is 30.8 Å². The number of hydrogen-bond acceptors (Lipinski definition) is 4. The van der Waals surface area contributed by atoms with E-state index in [-0.39, 0.29) is 12.1 Å². The maximum absolute atomic E-state index is 12.4. The van der Waals surface area contributed by atoms with Crippen LogP contribution in [-0.2, 0) is 11.3 Å². The first-order chi connectivity index (χ1) is 11.8. The van der Waals surface area contributed by atoms with Crippen LogP contribution in [0.1, 0.15) is 17.7 Å². The number of carbonyl (C=O) groups is 1. The minimum Gasteiger partial charge on any atom is -0.488 e. The van der Waals surface area contributed by atoms with Crippen LogP contribution >= 0.6 is 11.3 Å². The largest absolute Gasteiger partial charge is 0.488 e. The topological polar surface area (TPSA) is 50.8 Å².